The van der Waals surface area contributed by atoms with Crippen LogP contribution in [0.15, 0.2) is 199 Å². The van der Waals surface area contributed by atoms with Crippen molar-refractivity contribution < 1.29 is 85.6 Å². The highest BCUT2D eigenvalue weighted by Crippen LogP contribution is 2.32. The molecule has 452 valence electrons. The maximum Gasteiger partial charge on any atom is 0.212 e. The van der Waals surface area contributed by atoms with Crippen molar-refractivity contribution in [1.82, 2.24) is 0 Å². The molecule has 0 unspecified atom stereocenters. The number of halogens is 4. The van der Waals surface area contributed by atoms with Gasteiger partial charge in [-0.3, -0.25) is 0 Å². The van der Waals surface area contributed by atoms with E-state index in [9.17, 15) is 0 Å². The van der Waals surface area contributed by atoms with Crippen molar-refractivity contribution in [3.63, 3.8) is 0 Å². The van der Waals surface area contributed by atoms with Gasteiger partial charge in [-0.1, -0.05) is 199 Å². The molecule has 9 aromatic rings. The summed E-state index contributed by atoms with van der Waals surface area (Å²) in [7, 11) is 4.25. The van der Waals surface area contributed by atoms with E-state index < -0.39 is 0 Å². The van der Waals surface area contributed by atoms with Gasteiger partial charge in [0.15, 0.2) is 24.8 Å². The van der Waals surface area contributed by atoms with E-state index >= 15 is 0 Å². The third-order valence-electron chi connectivity index (χ3n) is 17.3. The van der Waals surface area contributed by atoms with Gasteiger partial charge in [0.05, 0.1) is 5.69 Å². The molecule has 0 N–H and O–H groups in total. The van der Waals surface area contributed by atoms with Crippen LogP contribution in [0.4, 0.5) is 22.7 Å². The lowest BCUT2D eigenvalue weighted by atomic mass is 9.85. The summed E-state index contributed by atoms with van der Waals surface area (Å²) in [5.41, 5.74) is 11.9. The molecular formula is C75H93ClI3N5S. The molecule has 0 amide bonds. The number of thiophene rings is 1. The van der Waals surface area contributed by atoms with Crippen molar-refractivity contribution in [3.8, 4) is 0 Å². The first-order valence-electron chi connectivity index (χ1n) is 31.6. The number of hydrogen-bond acceptors (Lipinski definition) is 3. The van der Waals surface area contributed by atoms with Crippen LogP contribution in [0, 0.1) is 11.8 Å². The Hall–Kier alpha value is -4.15. The Labute approximate surface area is 571 Å². The summed E-state index contributed by atoms with van der Waals surface area (Å²) in [5.74, 6) is 2.04. The van der Waals surface area contributed by atoms with Crippen LogP contribution in [0.2, 0.25) is 5.02 Å². The van der Waals surface area contributed by atoms with Gasteiger partial charge < -0.3 is 81.7 Å². The standard InChI is InChI=1S/C27H27ClN.C25H33N2S.C23H33N2.3HI/c28-26-16-14-23(15-17-26)19-24-20-25-12-6-7-13-27(25)29(21-24)18-8-2-5-11-22-9-3-1-4-10-22;1-26-19-24(18-22-13-7-8-14-25(22)26)27(23-15-17-28-20-23)16-9-3-6-12-21-10-4-2-5-11-21;1-24-18-11-17-23(20-24)25(22-15-8-3-9-16-22)19-10-4-7-14-21-12-5-2-6-13-21;;;/h1,3-4,6-7,9-10,12-17,20-21H,2,5,8,11,18-19H2;7-8,13-15,17-21H,2-6,9-12,16H2,1H3;3,8-9,11,15-18,20-21H,2,4-7,10,12-14,19H2,1H3;3*1H/q3*+1;;;/p-3. The topological polar surface area (TPSA) is 18.1 Å². The van der Waals surface area contributed by atoms with Gasteiger partial charge in [0.1, 0.15) is 32.0 Å². The first kappa shape index (κ1) is 69.9. The van der Waals surface area contributed by atoms with E-state index in [0.29, 0.717) is 0 Å². The van der Waals surface area contributed by atoms with Crippen LogP contribution < -0.4 is 95.4 Å². The first-order valence-corrected chi connectivity index (χ1v) is 32.9. The molecule has 10 heteroatoms. The van der Waals surface area contributed by atoms with Crippen molar-refractivity contribution in [2.45, 2.75) is 154 Å². The number of hydrogen-bond donors (Lipinski definition) is 0. The zero-order chi connectivity index (χ0) is 56.4. The molecule has 0 atom stereocenters. The molecule has 0 saturated heterocycles. The van der Waals surface area contributed by atoms with Gasteiger partial charge >= 0.3 is 0 Å². The van der Waals surface area contributed by atoms with Crippen LogP contribution in [0.25, 0.3) is 21.8 Å². The summed E-state index contributed by atoms with van der Waals surface area (Å²) in [5, 5.41) is 7.87. The zero-order valence-corrected chi connectivity index (χ0v) is 58.8. The van der Waals surface area contributed by atoms with Gasteiger partial charge in [-0.2, -0.15) is 20.5 Å². The molecule has 0 bridgehead atoms. The summed E-state index contributed by atoms with van der Waals surface area (Å²) in [6.07, 6.45) is 40.4. The Balaban J connectivity index is 0.000000201. The lowest BCUT2D eigenvalue weighted by Gasteiger charge is -2.24. The fourth-order valence-electron chi connectivity index (χ4n) is 12.7. The SMILES string of the molecule is C[n+]1cc(N(CCCCCC2CCCCC2)c2ccsc2)cc2ccccc21.C[n+]1cccc(N(CCCCCC2CCCCC2)c2ccccc2)c1.Clc1ccc(Cc2cc3ccccc3[n+](CCCCCc3ccccc3)c2)cc1.[I-].[I-].[I-]. The molecule has 2 saturated carbocycles. The summed E-state index contributed by atoms with van der Waals surface area (Å²) < 4.78 is 6.82. The number of benzene rings is 5. The van der Waals surface area contributed by atoms with Crippen molar-refractivity contribution in [1.29, 1.82) is 0 Å². The number of aryl methyl sites for hydroxylation is 4. The van der Waals surface area contributed by atoms with Crippen molar-refractivity contribution in [2.75, 3.05) is 22.9 Å². The monoisotopic (exact) mass is 1510 g/mol. The Morgan fingerprint density at radius 2 is 1.02 bits per heavy atom. The smallest absolute Gasteiger partial charge is 0.212 e. The van der Waals surface area contributed by atoms with Crippen molar-refractivity contribution >= 4 is 67.5 Å². The van der Waals surface area contributed by atoms with Gasteiger partial charge in [-0.25, -0.2) is 4.57 Å². The fourth-order valence-corrected chi connectivity index (χ4v) is 13.5. The Morgan fingerprint density at radius 1 is 0.459 bits per heavy atom. The van der Waals surface area contributed by atoms with Gasteiger partial charge in [0.25, 0.3) is 0 Å². The number of fused-ring (bicyclic) bond motifs is 2. The lowest BCUT2D eigenvalue weighted by molar-refractivity contribution is -0.672. The van der Waals surface area contributed by atoms with Crippen LogP contribution in [0.1, 0.15) is 152 Å². The predicted octanol–water partition coefficient (Wildman–Crippen LogP) is 10.6. The molecule has 0 radical (unpaired) electrons. The van der Waals surface area contributed by atoms with E-state index in [1.165, 1.54) is 203 Å². The third-order valence-corrected chi connectivity index (χ3v) is 18.2. The minimum absolute atomic E-state index is 0. The van der Waals surface area contributed by atoms with Crippen LogP contribution >= 0.6 is 22.9 Å². The van der Waals surface area contributed by atoms with E-state index in [-0.39, 0.29) is 71.9 Å². The Kier molecular flexibility index (Phi) is 32.1. The van der Waals surface area contributed by atoms with Gasteiger partial charge in [-0.05, 0) is 121 Å². The molecule has 0 spiro atoms. The number of nitrogens with zero attached hydrogens (tertiary/aromatic N) is 5. The van der Waals surface area contributed by atoms with Crippen molar-refractivity contribution in [3.05, 3.63) is 221 Å². The number of aromatic nitrogens is 3. The molecular weight excluding hydrogens is 1420 g/mol. The van der Waals surface area contributed by atoms with E-state index in [2.05, 4.69) is 225 Å². The molecule has 5 aromatic carbocycles. The van der Waals surface area contributed by atoms with Gasteiger partial charge in [-0.15, -0.1) is 0 Å². The largest absolute Gasteiger partial charge is 1.00 e. The molecule has 2 fully saturated rings. The summed E-state index contributed by atoms with van der Waals surface area (Å²) in [4.78, 5) is 4.96. The maximum absolute atomic E-state index is 6.04. The number of para-hydroxylation sites is 3. The van der Waals surface area contributed by atoms with E-state index in [0.717, 1.165) is 42.9 Å². The Morgan fingerprint density at radius 3 is 1.65 bits per heavy atom. The van der Waals surface area contributed by atoms with Gasteiger partial charge in [0.2, 0.25) is 11.0 Å². The minimum Gasteiger partial charge on any atom is -1.00 e. The molecule has 5 nitrogen and oxygen atoms in total. The molecule has 4 aromatic heterocycles. The summed E-state index contributed by atoms with van der Waals surface area (Å²) in [6, 6.07) is 58.4. The molecule has 2 aliphatic rings. The second kappa shape index (κ2) is 39.0. The van der Waals surface area contributed by atoms with E-state index in [1.54, 1.807) is 11.3 Å². The lowest BCUT2D eigenvalue weighted by Crippen LogP contribution is -3.00. The quantitative estimate of drug-likeness (QED) is 0.0341. The van der Waals surface area contributed by atoms with Gasteiger partial charge in [0, 0.05) is 76.6 Å². The highest BCUT2D eigenvalue weighted by Gasteiger charge is 2.19. The maximum atomic E-state index is 6.04. The highest BCUT2D eigenvalue weighted by atomic mass is 127. The minimum atomic E-state index is 0. The molecule has 4 heterocycles. The Bertz CT molecular complexity index is 3240. The fraction of sp³-hybridized carbons (Fsp3) is 0.400. The van der Waals surface area contributed by atoms with Crippen LogP contribution in [-0.4, -0.2) is 13.1 Å². The molecule has 2 aliphatic carbocycles. The first-order chi connectivity index (χ1) is 40.4. The number of pyridine rings is 3. The average molecular weight is 1510 g/mol. The molecule has 11 rings (SSSR count). The normalized spacial score (nSPS) is 13.3. The van der Waals surface area contributed by atoms with E-state index in [1.807, 2.05) is 12.1 Å². The average Bonchev–Trinajstić information content (AvgIpc) is 4.26. The van der Waals surface area contributed by atoms with Crippen LogP contribution in [0.3, 0.4) is 0 Å². The van der Waals surface area contributed by atoms with Crippen LogP contribution in [0.5, 0.6) is 0 Å². The number of rotatable bonds is 24. The number of unbranched alkanes of at least 4 members (excludes halogenated alkanes) is 6. The predicted molar refractivity (Wildman–Crippen MR) is 350 cm³/mol. The second-order valence-corrected chi connectivity index (χ2v) is 24.8. The third kappa shape index (κ3) is 23.1. The highest BCUT2D eigenvalue weighted by molar-refractivity contribution is 7.08. The number of anilines is 4. The second-order valence-electron chi connectivity index (χ2n) is 23.6. The molecule has 85 heavy (non-hydrogen) atoms. The molecule has 0 aliphatic heterocycles. The van der Waals surface area contributed by atoms with E-state index in [4.69, 9.17) is 11.6 Å². The zero-order valence-electron chi connectivity index (χ0n) is 50.7. The van der Waals surface area contributed by atoms with Crippen LogP contribution in [-0.2, 0) is 33.5 Å². The summed E-state index contributed by atoms with van der Waals surface area (Å²) in [6.45, 7) is 3.25. The summed E-state index contributed by atoms with van der Waals surface area (Å²) >= 11 is 7.82. The van der Waals surface area contributed by atoms with Crippen molar-refractivity contribution in [2.24, 2.45) is 25.9 Å².